The molecule has 2 aromatic carbocycles. The van der Waals surface area contributed by atoms with E-state index in [0.29, 0.717) is 0 Å². The number of hydrogen-bond acceptors (Lipinski definition) is 1. The quantitative estimate of drug-likeness (QED) is 0.676. The Bertz CT molecular complexity index is 683. The second-order valence-electron chi connectivity index (χ2n) is 4.49. The molecule has 0 atom stereocenters. The number of rotatable bonds is 2. The van der Waals surface area contributed by atoms with Crippen LogP contribution < -0.4 is 0 Å². The number of fused-ring (bicyclic) bond motifs is 1. The van der Waals surface area contributed by atoms with Crippen molar-refractivity contribution in [3.63, 3.8) is 0 Å². The predicted octanol–water partition coefficient (Wildman–Crippen LogP) is 4.05. The molecule has 1 heterocycles. The van der Waals surface area contributed by atoms with E-state index in [1.807, 2.05) is 35.1 Å². The fourth-order valence-corrected chi connectivity index (χ4v) is 2.22. The monoisotopic (exact) mass is 256 g/mol. The van der Waals surface area contributed by atoms with Crippen LogP contribution in [-0.2, 0) is 6.54 Å². The van der Waals surface area contributed by atoms with Crippen LogP contribution in [-0.4, -0.2) is 9.78 Å². The summed E-state index contributed by atoms with van der Waals surface area (Å²) in [7, 11) is 0. The fraction of sp³-hybridized carbons (Fsp3) is 0.133. The molecule has 18 heavy (non-hydrogen) atoms. The highest BCUT2D eigenvalue weighted by atomic mass is 35.5. The molecular weight excluding hydrogens is 244 g/mol. The fourth-order valence-electron chi connectivity index (χ4n) is 2.10. The third-order valence-electron chi connectivity index (χ3n) is 3.04. The van der Waals surface area contributed by atoms with Crippen molar-refractivity contribution in [1.29, 1.82) is 0 Å². The maximum absolute atomic E-state index is 5.88. The summed E-state index contributed by atoms with van der Waals surface area (Å²) in [5, 5.41) is 6.39. The third kappa shape index (κ3) is 2.12. The first-order valence-electron chi connectivity index (χ1n) is 5.89. The van der Waals surface area contributed by atoms with E-state index < -0.39 is 0 Å². The first kappa shape index (κ1) is 11.3. The van der Waals surface area contributed by atoms with Crippen molar-refractivity contribution < 1.29 is 0 Å². The number of aromatic nitrogens is 2. The van der Waals surface area contributed by atoms with Gasteiger partial charge in [0.1, 0.15) is 0 Å². The molecule has 0 N–H and O–H groups in total. The second-order valence-corrected chi connectivity index (χ2v) is 4.93. The molecule has 0 saturated heterocycles. The van der Waals surface area contributed by atoms with E-state index in [0.717, 1.165) is 17.1 Å². The Balaban J connectivity index is 1.97. The molecule has 3 rings (SSSR count). The molecule has 0 spiro atoms. The highest BCUT2D eigenvalue weighted by molar-refractivity contribution is 6.30. The summed E-state index contributed by atoms with van der Waals surface area (Å²) >= 11 is 5.88. The lowest BCUT2D eigenvalue weighted by molar-refractivity contribution is 0.712. The van der Waals surface area contributed by atoms with Crippen LogP contribution in [0.4, 0.5) is 0 Å². The van der Waals surface area contributed by atoms with Gasteiger partial charge >= 0.3 is 0 Å². The molecule has 0 aliphatic rings. The zero-order valence-corrected chi connectivity index (χ0v) is 10.9. The Morgan fingerprint density at radius 1 is 1.11 bits per heavy atom. The lowest BCUT2D eigenvalue weighted by Crippen LogP contribution is -2.00. The lowest BCUT2D eigenvalue weighted by atomic mass is 10.2. The predicted molar refractivity (Wildman–Crippen MR) is 75.0 cm³/mol. The van der Waals surface area contributed by atoms with Crippen molar-refractivity contribution in [2.24, 2.45) is 0 Å². The van der Waals surface area contributed by atoms with Crippen LogP contribution in [0.1, 0.15) is 11.1 Å². The molecule has 3 aromatic rings. The van der Waals surface area contributed by atoms with Gasteiger partial charge in [-0.05, 0) is 36.8 Å². The first-order valence-corrected chi connectivity index (χ1v) is 6.27. The summed E-state index contributed by atoms with van der Waals surface area (Å²) < 4.78 is 2.01. The van der Waals surface area contributed by atoms with Gasteiger partial charge in [-0.1, -0.05) is 35.4 Å². The van der Waals surface area contributed by atoms with E-state index in [9.17, 15) is 0 Å². The lowest BCUT2D eigenvalue weighted by Gasteiger charge is -2.04. The number of hydrogen-bond donors (Lipinski definition) is 0. The molecule has 90 valence electrons. The molecule has 3 heteroatoms. The zero-order chi connectivity index (χ0) is 12.5. The van der Waals surface area contributed by atoms with Crippen LogP contribution in [0.5, 0.6) is 0 Å². The van der Waals surface area contributed by atoms with Crippen LogP contribution in [0, 0.1) is 6.92 Å². The number of nitrogens with zero attached hydrogens (tertiary/aromatic N) is 2. The zero-order valence-electron chi connectivity index (χ0n) is 10.1. The summed E-state index contributed by atoms with van der Waals surface area (Å²) in [6, 6.07) is 14.3. The second kappa shape index (κ2) is 4.46. The Morgan fingerprint density at radius 2 is 1.89 bits per heavy atom. The largest absolute Gasteiger partial charge is 0.260 e. The van der Waals surface area contributed by atoms with Crippen molar-refractivity contribution in [2.75, 3.05) is 0 Å². The molecule has 0 radical (unpaired) electrons. The average Bonchev–Trinajstić information content (AvgIpc) is 2.74. The van der Waals surface area contributed by atoms with Gasteiger partial charge in [-0.2, -0.15) is 5.10 Å². The summed E-state index contributed by atoms with van der Waals surface area (Å²) in [5.41, 5.74) is 3.62. The van der Waals surface area contributed by atoms with Gasteiger partial charge < -0.3 is 0 Å². The van der Waals surface area contributed by atoms with Gasteiger partial charge in [0.25, 0.3) is 0 Å². The standard InChI is InChI=1S/C15H13ClN2/c1-11-2-7-15-13(8-11)9-17-18(15)10-12-3-5-14(16)6-4-12/h2-9H,10H2,1H3. The highest BCUT2D eigenvalue weighted by Gasteiger charge is 2.03. The maximum atomic E-state index is 5.88. The van der Waals surface area contributed by atoms with Gasteiger partial charge in [0.2, 0.25) is 0 Å². The molecular formula is C15H13ClN2. The van der Waals surface area contributed by atoms with Gasteiger partial charge in [0.05, 0.1) is 18.3 Å². The van der Waals surface area contributed by atoms with Gasteiger partial charge in [-0.25, -0.2) is 0 Å². The number of aryl methyl sites for hydroxylation is 1. The van der Waals surface area contributed by atoms with Gasteiger partial charge in [-0.15, -0.1) is 0 Å². The van der Waals surface area contributed by atoms with E-state index in [4.69, 9.17) is 11.6 Å². The third-order valence-corrected chi connectivity index (χ3v) is 3.29. The molecule has 0 aliphatic carbocycles. The molecule has 0 aliphatic heterocycles. The Morgan fingerprint density at radius 3 is 2.67 bits per heavy atom. The van der Waals surface area contributed by atoms with E-state index in [2.05, 4.69) is 30.2 Å². The maximum Gasteiger partial charge on any atom is 0.0686 e. The van der Waals surface area contributed by atoms with Crippen LogP contribution in [0.15, 0.2) is 48.7 Å². The Kier molecular flexibility index (Phi) is 2.80. The van der Waals surface area contributed by atoms with Crippen molar-refractivity contribution in [3.8, 4) is 0 Å². The Labute approximate surface area is 111 Å². The minimum Gasteiger partial charge on any atom is -0.260 e. The van der Waals surface area contributed by atoms with Crippen molar-refractivity contribution in [3.05, 3.63) is 64.8 Å². The highest BCUT2D eigenvalue weighted by Crippen LogP contribution is 2.17. The van der Waals surface area contributed by atoms with Crippen LogP contribution in [0.2, 0.25) is 5.02 Å². The van der Waals surface area contributed by atoms with Gasteiger partial charge in [0, 0.05) is 10.4 Å². The summed E-state index contributed by atoms with van der Waals surface area (Å²) in [5.74, 6) is 0. The topological polar surface area (TPSA) is 17.8 Å². The SMILES string of the molecule is Cc1ccc2c(cnn2Cc2ccc(Cl)cc2)c1. The van der Waals surface area contributed by atoms with Crippen molar-refractivity contribution >= 4 is 22.5 Å². The molecule has 0 bridgehead atoms. The summed E-state index contributed by atoms with van der Waals surface area (Å²) in [4.78, 5) is 0. The van der Waals surface area contributed by atoms with Crippen LogP contribution in [0.3, 0.4) is 0 Å². The molecule has 2 nitrogen and oxygen atoms in total. The molecule has 0 amide bonds. The number of benzene rings is 2. The van der Waals surface area contributed by atoms with Gasteiger partial charge in [0.15, 0.2) is 0 Å². The van der Waals surface area contributed by atoms with Gasteiger partial charge in [-0.3, -0.25) is 4.68 Å². The summed E-state index contributed by atoms with van der Waals surface area (Å²) in [6.07, 6.45) is 1.91. The van der Waals surface area contributed by atoms with Crippen molar-refractivity contribution in [1.82, 2.24) is 9.78 Å². The summed E-state index contributed by atoms with van der Waals surface area (Å²) in [6.45, 7) is 2.86. The Hall–Kier alpha value is -1.80. The first-order chi connectivity index (χ1) is 8.72. The molecule has 0 unspecified atom stereocenters. The minimum absolute atomic E-state index is 0.764. The van der Waals surface area contributed by atoms with Crippen LogP contribution in [0.25, 0.3) is 10.9 Å². The smallest absolute Gasteiger partial charge is 0.0686 e. The van der Waals surface area contributed by atoms with E-state index in [-0.39, 0.29) is 0 Å². The van der Waals surface area contributed by atoms with E-state index in [1.54, 1.807) is 0 Å². The number of halogens is 1. The average molecular weight is 257 g/mol. The van der Waals surface area contributed by atoms with Crippen LogP contribution >= 0.6 is 11.6 Å². The normalized spacial score (nSPS) is 11.0. The minimum atomic E-state index is 0.764. The molecule has 1 aromatic heterocycles. The van der Waals surface area contributed by atoms with E-state index in [1.165, 1.54) is 16.5 Å². The molecule has 0 fully saturated rings. The molecule has 0 saturated carbocycles. The van der Waals surface area contributed by atoms with Crippen molar-refractivity contribution in [2.45, 2.75) is 13.5 Å². The van der Waals surface area contributed by atoms with E-state index >= 15 is 0 Å².